The van der Waals surface area contributed by atoms with Crippen LogP contribution in [0.5, 0.6) is 5.75 Å². The van der Waals surface area contributed by atoms with Gasteiger partial charge in [-0.1, -0.05) is 24.3 Å². The van der Waals surface area contributed by atoms with Crippen LogP contribution in [-0.4, -0.2) is 25.2 Å². The minimum absolute atomic E-state index is 0.112. The number of carbonyl (C=O) groups is 1. The molecular weight excluding hydrogens is 328 g/mol. The fourth-order valence-electron chi connectivity index (χ4n) is 2.97. The summed E-state index contributed by atoms with van der Waals surface area (Å²) in [5.41, 5.74) is 9.30. The Morgan fingerprint density at radius 3 is 2.77 bits per heavy atom. The Labute approximate surface area is 154 Å². The molecule has 138 valence electrons. The van der Waals surface area contributed by atoms with Crippen molar-refractivity contribution in [2.24, 2.45) is 5.73 Å². The van der Waals surface area contributed by atoms with Crippen molar-refractivity contribution in [3.8, 4) is 5.75 Å². The average Bonchev–Trinajstić information content (AvgIpc) is 3.19. The summed E-state index contributed by atoms with van der Waals surface area (Å²) in [4.78, 5) is 12.4. The van der Waals surface area contributed by atoms with Crippen LogP contribution in [0.4, 0.5) is 0 Å². The van der Waals surface area contributed by atoms with Crippen LogP contribution < -0.4 is 15.8 Å². The van der Waals surface area contributed by atoms with Gasteiger partial charge in [-0.05, 0) is 49.1 Å². The van der Waals surface area contributed by atoms with Gasteiger partial charge in [0.15, 0.2) is 0 Å². The second-order valence-corrected chi connectivity index (χ2v) is 6.64. The number of benzene rings is 2. The molecule has 0 radical (unpaired) electrons. The molecule has 1 fully saturated rings. The normalized spacial score (nSPS) is 16.5. The summed E-state index contributed by atoms with van der Waals surface area (Å²) in [6.45, 7) is 4.27. The van der Waals surface area contributed by atoms with Gasteiger partial charge in [0, 0.05) is 30.8 Å². The molecule has 0 bridgehead atoms. The number of hydrogen-bond acceptors (Lipinski definition) is 4. The molecule has 0 saturated carbocycles. The van der Waals surface area contributed by atoms with Crippen LogP contribution in [0.2, 0.25) is 0 Å². The number of nitrogens with one attached hydrogen (secondary N) is 1. The Balaban J connectivity index is 1.61. The Hall–Kier alpha value is -2.37. The standard InChI is InChI=1S/C21H26N2O3/c1-15-4-7-18(20(11-15)26-14-19-3-2-10-25-19)13-23-21(24)17-8-5-16(12-22)6-9-17/h4-9,11,19H,2-3,10,12-14,22H2,1H3,(H,23,24). The maximum Gasteiger partial charge on any atom is 0.251 e. The summed E-state index contributed by atoms with van der Waals surface area (Å²) in [5, 5.41) is 2.96. The van der Waals surface area contributed by atoms with Gasteiger partial charge in [-0.3, -0.25) is 4.79 Å². The molecule has 1 saturated heterocycles. The summed E-state index contributed by atoms with van der Waals surface area (Å²) >= 11 is 0. The molecule has 3 rings (SSSR count). The Bertz CT molecular complexity index is 737. The van der Waals surface area contributed by atoms with Gasteiger partial charge in [-0.25, -0.2) is 0 Å². The highest BCUT2D eigenvalue weighted by Crippen LogP contribution is 2.22. The topological polar surface area (TPSA) is 73.6 Å². The number of carbonyl (C=O) groups excluding carboxylic acids is 1. The molecule has 0 aromatic heterocycles. The smallest absolute Gasteiger partial charge is 0.251 e. The first-order chi connectivity index (χ1) is 12.7. The first-order valence-corrected chi connectivity index (χ1v) is 9.07. The molecular formula is C21H26N2O3. The molecule has 1 atom stereocenters. The molecule has 1 aliphatic rings. The lowest BCUT2D eigenvalue weighted by atomic mass is 10.1. The first-order valence-electron chi connectivity index (χ1n) is 9.07. The fraction of sp³-hybridized carbons (Fsp3) is 0.381. The van der Waals surface area contributed by atoms with Crippen molar-refractivity contribution in [1.29, 1.82) is 0 Å². The number of amides is 1. The van der Waals surface area contributed by atoms with Gasteiger partial charge < -0.3 is 20.5 Å². The second kappa shape index (κ2) is 8.83. The van der Waals surface area contributed by atoms with E-state index in [0.29, 0.717) is 25.3 Å². The van der Waals surface area contributed by atoms with Gasteiger partial charge in [0.05, 0.1) is 6.10 Å². The summed E-state index contributed by atoms with van der Waals surface area (Å²) in [6, 6.07) is 13.4. The monoisotopic (exact) mass is 354 g/mol. The number of ether oxygens (including phenoxy) is 2. The molecule has 3 N–H and O–H groups in total. The highest BCUT2D eigenvalue weighted by molar-refractivity contribution is 5.94. The molecule has 5 nitrogen and oxygen atoms in total. The zero-order valence-corrected chi connectivity index (χ0v) is 15.2. The third-order valence-electron chi connectivity index (χ3n) is 4.56. The van der Waals surface area contributed by atoms with Gasteiger partial charge in [-0.15, -0.1) is 0 Å². The van der Waals surface area contributed by atoms with Crippen molar-refractivity contribution in [3.05, 3.63) is 64.7 Å². The predicted molar refractivity (Wildman–Crippen MR) is 101 cm³/mol. The third kappa shape index (κ3) is 4.84. The summed E-state index contributed by atoms with van der Waals surface area (Å²) < 4.78 is 11.6. The van der Waals surface area contributed by atoms with Gasteiger partial charge >= 0.3 is 0 Å². The van der Waals surface area contributed by atoms with Crippen LogP contribution in [0.3, 0.4) is 0 Å². The van der Waals surface area contributed by atoms with Crippen LogP contribution in [0.1, 0.15) is 39.9 Å². The van der Waals surface area contributed by atoms with E-state index in [9.17, 15) is 4.79 Å². The van der Waals surface area contributed by atoms with Crippen molar-refractivity contribution in [1.82, 2.24) is 5.32 Å². The van der Waals surface area contributed by atoms with E-state index in [0.717, 1.165) is 41.9 Å². The van der Waals surface area contributed by atoms with Crippen LogP contribution in [0.25, 0.3) is 0 Å². The number of aryl methyl sites for hydroxylation is 1. The maximum atomic E-state index is 12.4. The number of rotatable bonds is 7. The SMILES string of the molecule is Cc1ccc(CNC(=O)c2ccc(CN)cc2)c(OCC2CCCO2)c1. The van der Waals surface area contributed by atoms with E-state index in [-0.39, 0.29) is 12.0 Å². The lowest BCUT2D eigenvalue weighted by molar-refractivity contribution is 0.0675. The second-order valence-electron chi connectivity index (χ2n) is 6.64. The quantitative estimate of drug-likeness (QED) is 0.802. The molecule has 1 unspecified atom stereocenters. The minimum Gasteiger partial charge on any atom is -0.491 e. The zero-order chi connectivity index (χ0) is 18.4. The Morgan fingerprint density at radius 1 is 1.27 bits per heavy atom. The van der Waals surface area contributed by atoms with Crippen LogP contribution in [0, 0.1) is 6.92 Å². The summed E-state index contributed by atoms with van der Waals surface area (Å²) in [5.74, 6) is 0.693. The van der Waals surface area contributed by atoms with Gasteiger partial charge in [0.1, 0.15) is 12.4 Å². The molecule has 2 aromatic carbocycles. The van der Waals surface area contributed by atoms with Crippen LogP contribution >= 0.6 is 0 Å². The van der Waals surface area contributed by atoms with E-state index in [2.05, 4.69) is 5.32 Å². The maximum absolute atomic E-state index is 12.4. The highest BCUT2D eigenvalue weighted by Gasteiger charge is 2.17. The van der Waals surface area contributed by atoms with Crippen LogP contribution in [-0.2, 0) is 17.8 Å². The van der Waals surface area contributed by atoms with E-state index in [4.69, 9.17) is 15.2 Å². The van der Waals surface area contributed by atoms with Crippen molar-refractivity contribution < 1.29 is 14.3 Å². The molecule has 0 spiro atoms. The summed E-state index contributed by atoms with van der Waals surface area (Å²) in [6.07, 6.45) is 2.30. The van der Waals surface area contributed by atoms with E-state index in [1.165, 1.54) is 0 Å². The highest BCUT2D eigenvalue weighted by atomic mass is 16.5. The summed E-state index contributed by atoms with van der Waals surface area (Å²) in [7, 11) is 0. The van der Waals surface area contributed by atoms with Gasteiger partial charge in [-0.2, -0.15) is 0 Å². The molecule has 2 aromatic rings. The third-order valence-corrected chi connectivity index (χ3v) is 4.56. The number of hydrogen-bond donors (Lipinski definition) is 2. The largest absolute Gasteiger partial charge is 0.491 e. The van der Waals surface area contributed by atoms with E-state index < -0.39 is 0 Å². The molecule has 5 heteroatoms. The molecule has 0 aliphatic carbocycles. The lowest BCUT2D eigenvalue weighted by Crippen LogP contribution is -2.23. The van der Waals surface area contributed by atoms with Crippen molar-refractivity contribution in [3.63, 3.8) is 0 Å². The molecule has 1 heterocycles. The van der Waals surface area contributed by atoms with Crippen LogP contribution in [0.15, 0.2) is 42.5 Å². The number of nitrogens with two attached hydrogens (primary N) is 1. The lowest BCUT2D eigenvalue weighted by Gasteiger charge is -2.16. The minimum atomic E-state index is -0.112. The van der Waals surface area contributed by atoms with E-state index >= 15 is 0 Å². The Kier molecular flexibility index (Phi) is 6.26. The van der Waals surface area contributed by atoms with Gasteiger partial charge in [0.2, 0.25) is 0 Å². The first kappa shape index (κ1) is 18.4. The fourth-order valence-corrected chi connectivity index (χ4v) is 2.97. The van der Waals surface area contributed by atoms with Crippen molar-refractivity contribution in [2.45, 2.75) is 39.0 Å². The molecule has 26 heavy (non-hydrogen) atoms. The Morgan fingerprint density at radius 2 is 2.08 bits per heavy atom. The predicted octanol–water partition coefficient (Wildman–Crippen LogP) is 2.94. The van der Waals surface area contributed by atoms with E-state index in [1.807, 2.05) is 37.3 Å². The molecule has 1 amide bonds. The molecule has 1 aliphatic heterocycles. The zero-order valence-electron chi connectivity index (χ0n) is 15.2. The average molecular weight is 354 g/mol. The van der Waals surface area contributed by atoms with E-state index in [1.54, 1.807) is 12.1 Å². The van der Waals surface area contributed by atoms with Crippen molar-refractivity contribution in [2.75, 3.05) is 13.2 Å². The van der Waals surface area contributed by atoms with Gasteiger partial charge in [0.25, 0.3) is 5.91 Å². The van der Waals surface area contributed by atoms with Crippen molar-refractivity contribution >= 4 is 5.91 Å².